The predicted octanol–water partition coefficient (Wildman–Crippen LogP) is 9.77. The van der Waals surface area contributed by atoms with Gasteiger partial charge in [0.05, 0.1) is 19.3 Å². The molecule has 2 heterocycles. The van der Waals surface area contributed by atoms with Crippen molar-refractivity contribution in [2.24, 2.45) is 0 Å². The van der Waals surface area contributed by atoms with E-state index in [1.54, 1.807) is 7.11 Å². The lowest BCUT2D eigenvalue weighted by atomic mass is 9.99. The summed E-state index contributed by atoms with van der Waals surface area (Å²) in [5.41, 5.74) is 5.62. The summed E-state index contributed by atoms with van der Waals surface area (Å²) in [6, 6.07) is 18.4. The SMILES string of the molecule is CCc1cc(-c2nnn(Cc3cccc(OC)c3)c2-c2ccc3c(c2)OCCO3)c(O[Si](C)(C)C(C)(C)C)cc1O[Si](C)(C)C(C)(C)C. The van der Waals surface area contributed by atoms with E-state index in [1.165, 1.54) is 0 Å². The Hall–Kier alpha value is -3.77. The van der Waals surface area contributed by atoms with Crippen LogP contribution in [0.3, 0.4) is 0 Å². The van der Waals surface area contributed by atoms with Crippen LogP contribution in [0.1, 0.15) is 59.6 Å². The highest BCUT2D eigenvalue weighted by Crippen LogP contribution is 2.47. The molecule has 3 aromatic carbocycles. The summed E-state index contributed by atoms with van der Waals surface area (Å²) in [5.74, 6) is 3.92. The molecular formula is C38H53N3O5Si2. The zero-order chi connectivity index (χ0) is 35.1. The Labute approximate surface area is 289 Å². The third kappa shape index (κ3) is 7.29. The number of ether oxygens (including phenoxy) is 3. The number of methoxy groups -OCH3 is 1. The number of aryl methyl sites for hydroxylation is 1. The van der Waals surface area contributed by atoms with Crippen LogP contribution in [0, 0.1) is 0 Å². The molecule has 0 aliphatic carbocycles. The third-order valence-electron chi connectivity index (χ3n) is 10.2. The molecule has 0 fully saturated rings. The monoisotopic (exact) mass is 687 g/mol. The first-order valence-corrected chi connectivity index (χ1v) is 22.8. The molecule has 10 heteroatoms. The maximum Gasteiger partial charge on any atom is 0.250 e. The fourth-order valence-electron chi connectivity index (χ4n) is 5.13. The molecule has 0 N–H and O–H groups in total. The van der Waals surface area contributed by atoms with Gasteiger partial charge in [-0.1, -0.05) is 65.8 Å². The van der Waals surface area contributed by atoms with Gasteiger partial charge in [0.15, 0.2) is 11.5 Å². The quantitative estimate of drug-likeness (QED) is 0.154. The van der Waals surface area contributed by atoms with Crippen molar-refractivity contribution in [3.63, 3.8) is 0 Å². The van der Waals surface area contributed by atoms with Crippen LogP contribution in [0.15, 0.2) is 54.6 Å². The second-order valence-corrected chi connectivity index (χ2v) is 25.1. The molecular weight excluding hydrogens is 635 g/mol. The second-order valence-electron chi connectivity index (χ2n) is 15.7. The number of hydrogen-bond acceptors (Lipinski definition) is 7. The molecule has 48 heavy (non-hydrogen) atoms. The fraction of sp³-hybridized carbons (Fsp3) is 0.474. The third-order valence-corrected chi connectivity index (χ3v) is 18.8. The van der Waals surface area contributed by atoms with E-state index >= 15 is 0 Å². The minimum atomic E-state index is -2.29. The Bertz CT molecular complexity index is 1770. The second kappa shape index (κ2) is 13.3. The first-order chi connectivity index (χ1) is 22.4. The van der Waals surface area contributed by atoms with Crippen LogP contribution in [0.5, 0.6) is 28.7 Å². The Balaban J connectivity index is 1.75. The summed E-state index contributed by atoms with van der Waals surface area (Å²) in [7, 11) is -2.75. The normalized spacial score (nSPS) is 13.8. The molecule has 0 unspecified atom stereocenters. The lowest BCUT2D eigenvalue weighted by Gasteiger charge is -2.39. The van der Waals surface area contributed by atoms with Gasteiger partial charge in [-0.2, -0.15) is 0 Å². The Morgan fingerprint density at radius 1 is 0.792 bits per heavy atom. The van der Waals surface area contributed by atoms with Gasteiger partial charge in [0.1, 0.15) is 36.2 Å². The maximum atomic E-state index is 7.17. The lowest BCUT2D eigenvalue weighted by molar-refractivity contribution is 0.171. The first kappa shape index (κ1) is 35.5. The van der Waals surface area contributed by atoms with Crippen molar-refractivity contribution in [1.29, 1.82) is 0 Å². The maximum absolute atomic E-state index is 7.17. The molecule has 0 saturated carbocycles. The van der Waals surface area contributed by atoms with E-state index in [0.29, 0.717) is 25.5 Å². The average molecular weight is 688 g/mol. The van der Waals surface area contributed by atoms with E-state index in [0.717, 1.165) is 63.1 Å². The van der Waals surface area contributed by atoms with Crippen molar-refractivity contribution in [2.75, 3.05) is 20.3 Å². The van der Waals surface area contributed by atoms with E-state index < -0.39 is 16.6 Å². The molecule has 0 bridgehead atoms. The zero-order valence-electron chi connectivity index (χ0n) is 30.9. The summed E-state index contributed by atoms with van der Waals surface area (Å²) >= 11 is 0. The van der Waals surface area contributed by atoms with Gasteiger partial charge < -0.3 is 23.1 Å². The van der Waals surface area contributed by atoms with Crippen LogP contribution >= 0.6 is 0 Å². The highest BCUT2D eigenvalue weighted by atomic mass is 28.4. The van der Waals surface area contributed by atoms with E-state index in [9.17, 15) is 0 Å². The van der Waals surface area contributed by atoms with E-state index in [2.05, 4.69) is 98.9 Å². The molecule has 0 amide bonds. The smallest absolute Gasteiger partial charge is 0.250 e. The van der Waals surface area contributed by atoms with E-state index in [4.69, 9.17) is 33.4 Å². The van der Waals surface area contributed by atoms with Gasteiger partial charge in [0, 0.05) is 17.2 Å². The minimum absolute atomic E-state index is 0.0171. The first-order valence-electron chi connectivity index (χ1n) is 17.0. The Morgan fingerprint density at radius 2 is 1.44 bits per heavy atom. The molecule has 258 valence electrons. The van der Waals surface area contributed by atoms with Crippen molar-refractivity contribution in [3.8, 4) is 51.3 Å². The van der Waals surface area contributed by atoms with Crippen LogP contribution in [-0.4, -0.2) is 52.0 Å². The number of fused-ring (bicyclic) bond motifs is 1. The number of aromatic nitrogens is 3. The molecule has 0 radical (unpaired) electrons. The van der Waals surface area contributed by atoms with Crippen molar-refractivity contribution < 1.29 is 23.1 Å². The van der Waals surface area contributed by atoms with E-state index in [-0.39, 0.29) is 10.1 Å². The van der Waals surface area contributed by atoms with Gasteiger partial charge in [0.2, 0.25) is 8.32 Å². The molecule has 1 aromatic heterocycles. The van der Waals surface area contributed by atoms with Crippen molar-refractivity contribution in [2.45, 2.75) is 97.7 Å². The van der Waals surface area contributed by atoms with Gasteiger partial charge in [-0.15, -0.1) is 5.10 Å². The summed E-state index contributed by atoms with van der Waals surface area (Å²) in [6.45, 7) is 26.4. The highest BCUT2D eigenvalue weighted by molar-refractivity contribution is 6.75. The predicted molar refractivity (Wildman–Crippen MR) is 199 cm³/mol. The lowest BCUT2D eigenvalue weighted by Crippen LogP contribution is -2.44. The highest BCUT2D eigenvalue weighted by Gasteiger charge is 2.42. The van der Waals surface area contributed by atoms with Gasteiger partial charge in [0.25, 0.3) is 8.32 Å². The number of hydrogen-bond donors (Lipinski definition) is 0. The molecule has 8 nitrogen and oxygen atoms in total. The van der Waals surface area contributed by atoms with Gasteiger partial charge in [-0.3, -0.25) is 0 Å². The molecule has 1 aliphatic rings. The van der Waals surface area contributed by atoms with Gasteiger partial charge in [-0.05, 0) is 90.2 Å². The fourth-order valence-corrected chi connectivity index (χ4v) is 7.20. The molecule has 0 spiro atoms. The minimum Gasteiger partial charge on any atom is -0.543 e. The van der Waals surface area contributed by atoms with Crippen molar-refractivity contribution >= 4 is 16.6 Å². The summed E-state index contributed by atoms with van der Waals surface area (Å²) < 4.78 is 33.5. The summed E-state index contributed by atoms with van der Waals surface area (Å²) in [5, 5.41) is 9.70. The molecule has 0 saturated heterocycles. The largest absolute Gasteiger partial charge is 0.543 e. The average Bonchev–Trinajstić information content (AvgIpc) is 3.42. The van der Waals surface area contributed by atoms with Crippen molar-refractivity contribution in [3.05, 3.63) is 65.7 Å². The van der Waals surface area contributed by atoms with Crippen LogP contribution in [0.4, 0.5) is 0 Å². The van der Waals surface area contributed by atoms with Crippen LogP contribution < -0.4 is 23.1 Å². The zero-order valence-corrected chi connectivity index (χ0v) is 32.9. The Kier molecular flexibility index (Phi) is 9.82. The van der Waals surface area contributed by atoms with Crippen LogP contribution in [0.25, 0.3) is 22.5 Å². The Morgan fingerprint density at radius 3 is 2.06 bits per heavy atom. The molecule has 5 rings (SSSR count). The molecule has 1 aliphatic heterocycles. The number of rotatable bonds is 10. The number of nitrogens with zero attached hydrogens (tertiary/aromatic N) is 3. The van der Waals surface area contributed by atoms with Gasteiger partial charge in [-0.25, -0.2) is 4.68 Å². The molecule has 0 atom stereocenters. The van der Waals surface area contributed by atoms with Crippen LogP contribution in [0.2, 0.25) is 36.3 Å². The number of benzene rings is 3. The van der Waals surface area contributed by atoms with Crippen molar-refractivity contribution in [1.82, 2.24) is 15.0 Å². The summed E-state index contributed by atoms with van der Waals surface area (Å²) in [4.78, 5) is 0. The van der Waals surface area contributed by atoms with Crippen LogP contribution in [-0.2, 0) is 13.0 Å². The van der Waals surface area contributed by atoms with E-state index in [1.807, 2.05) is 35.0 Å². The summed E-state index contributed by atoms with van der Waals surface area (Å²) in [6.07, 6.45) is 0.800. The standard InChI is InChI=1S/C38H53N3O5Si2/c1-13-27-22-30(33(46-48(11,12)38(5,6)7)24-32(27)45-47(9,10)37(2,3)4)35-36(28-17-18-31-34(23-28)44-20-19-43-31)41(40-39-35)25-26-15-14-16-29(21-26)42-8/h14-18,21-24H,13,19-20,25H2,1-12H3. The topological polar surface area (TPSA) is 76.9 Å². The molecule has 4 aromatic rings. The van der Waals surface area contributed by atoms with Gasteiger partial charge >= 0.3 is 0 Å².